The Bertz CT molecular complexity index is 2820. The summed E-state index contributed by atoms with van der Waals surface area (Å²) < 4.78 is 10.9. The number of rotatable bonds is 4. The maximum atomic E-state index is 6.53. The Labute approximate surface area is 289 Å². The van der Waals surface area contributed by atoms with Crippen LogP contribution in [0, 0.1) is 12.1 Å². The molecule has 0 N–H and O–H groups in total. The Kier molecular flexibility index (Phi) is 6.62. The number of pyridine rings is 2. The first-order valence-electron chi connectivity index (χ1n) is 15.6. The third-order valence-corrected chi connectivity index (χ3v) is 8.99. The molecule has 10 aromatic rings. The normalized spacial score (nSPS) is 11.6. The smallest absolute Gasteiger partial charge is 0.503 e. The van der Waals surface area contributed by atoms with Gasteiger partial charge in [-0.05, 0) is 58.3 Å². The van der Waals surface area contributed by atoms with Gasteiger partial charge in [0.15, 0.2) is 0 Å². The third kappa shape index (κ3) is 4.35. The van der Waals surface area contributed by atoms with Gasteiger partial charge in [-0.3, -0.25) is 4.98 Å². The quantitative estimate of drug-likeness (QED) is 0.104. The van der Waals surface area contributed by atoms with Crippen LogP contribution in [0.15, 0.2) is 146 Å². The standard InChI is InChI=1S/C42H24N4O.Pd/c1-2-10-27(11-3-1)28-17-22-38-34(24-28)31-20-18-29(25-35(31)42-44-36-13-5-7-15-39(36)46(38)42)47-30-19-21-33-32-12-4-6-14-37(32)45(40(33)26-30)41-16-8-9-23-43-41;/h1-24H;/q-2;+2. The van der Waals surface area contributed by atoms with Crippen molar-refractivity contribution in [2.75, 3.05) is 0 Å². The summed E-state index contributed by atoms with van der Waals surface area (Å²) in [5.74, 6) is 2.03. The van der Waals surface area contributed by atoms with E-state index in [9.17, 15) is 0 Å². The Morgan fingerprint density at radius 1 is 0.542 bits per heavy atom. The molecule has 0 fully saturated rings. The average molecular weight is 707 g/mol. The maximum absolute atomic E-state index is 6.53. The van der Waals surface area contributed by atoms with E-state index in [2.05, 4.69) is 123 Å². The molecule has 0 unspecified atom stereocenters. The number of para-hydroxylation sites is 3. The zero-order valence-electron chi connectivity index (χ0n) is 25.4. The van der Waals surface area contributed by atoms with Gasteiger partial charge in [-0.2, -0.15) is 6.07 Å². The van der Waals surface area contributed by atoms with Crippen LogP contribution in [0.5, 0.6) is 11.5 Å². The predicted molar refractivity (Wildman–Crippen MR) is 189 cm³/mol. The van der Waals surface area contributed by atoms with Crippen molar-refractivity contribution in [2.45, 2.75) is 0 Å². The first kappa shape index (κ1) is 28.4. The number of fused-ring (bicyclic) bond motifs is 11. The summed E-state index contributed by atoms with van der Waals surface area (Å²) in [5.41, 5.74) is 8.26. The summed E-state index contributed by atoms with van der Waals surface area (Å²) in [6.45, 7) is 0. The van der Waals surface area contributed by atoms with Gasteiger partial charge in [-0.1, -0.05) is 101 Å². The second-order valence-electron chi connectivity index (χ2n) is 11.7. The Morgan fingerprint density at radius 3 is 2.15 bits per heavy atom. The molecular formula is C42H24N4OPd. The SMILES string of the molecule is [Pd+2].[c-]1c(Oc2[c-]c3c(cc2)c2ccccc2n3-c2ccccn2)ccc2c1c1nc3ccccc3n1c1ccc(-c3ccccc3)cc21. The van der Waals surface area contributed by atoms with Crippen molar-refractivity contribution in [3.8, 4) is 28.4 Å². The molecule has 6 aromatic carbocycles. The van der Waals surface area contributed by atoms with Gasteiger partial charge < -0.3 is 13.7 Å². The molecule has 0 aliphatic rings. The number of imidazole rings is 1. The molecule has 5 nitrogen and oxygen atoms in total. The number of nitrogens with zero attached hydrogens (tertiary/aromatic N) is 4. The monoisotopic (exact) mass is 706 g/mol. The first-order valence-corrected chi connectivity index (χ1v) is 15.6. The van der Waals surface area contributed by atoms with Crippen LogP contribution in [0.3, 0.4) is 0 Å². The third-order valence-electron chi connectivity index (χ3n) is 8.99. The van der Waals surface area contributed by atoms with Crippen LogP contribution in [-0.2, 0) is 20.4 Å². The molecule has 0 bridgehead atoms. The second-order valence-corrected chi connectivity index (χ2v) is 11.7. The summed E-state index contributed by atoms with van der Waals surface area (Å²) in [4.78, 5) is 9.74. The van der Waals surface area contributed by atoms with Crippen molar-refractivity contribution >= 4 is 60.2 Å². The first-order chi connectivity index (χ1) is 23.3. The van der Waals surface area contributed by atoms with E-state index in [0.717, 1.165) is 71.5 Å². The molecule has 228 valence electrons. The van der Waals surface area contributed by atoms with Gasteiger partial charge in [0.25, 0.3) is 0 Å². The van der Waals surface area contributed by atoms with Gasteiger partial charge in [-0.25, -0.2) is 4.98 Å². The van der Waals surface area contributed by atoms with Crippen LogP contribution in [0.25, 0.3) is 77.1 Å². The van der Waals surface area contributed by atoms with E-state index in [0.29, 0.717) is 11.5 Å². The van der Waals surface area contributed by atoms with E-state index < -0.39 is 0 Å². The summed E-state index contributed by atoms with van der Waals surface area (Å²) in [6, 6.07) is 55.1. The number of hydrogen-bond donors (Lipinski definition) is 0. The van der Waals surface area contributed by atoms with Crippen LogP contribution < -0.4 is 4.74 Å². The van der Waals surface area contributed by atoms with Crippen molar-refractivity contribution in [1.82, 2.24) is 18.9 Å². The van der Waals surface area contributed by atoms with Crippen molar-refractivity contribution in [1.29, 1.82) is 0 Å². The molecule has 10 rings (SSSR count). The van der Waals surface area contributed by atoms with Crippen molar-refractivity contribution in [3.63, 3.8) is 0 Å². The Morgan fingerprint density at radius 2 is 1.29 bits per heavy atom. The van der Waals surface area contributed by atoms with Crippen LogP contribution in [0.1, 0.15) is 0 Å². The molecule has 0 amide bonds. The van der Waals surface area contributed by atoms with Gasteiger partial charge >= 0.3 is 20.4 Å². The fourth-order valence-corrected chi connectivity index (χ4v) is 6.91. The van der Waals surface area contributed by atoms with Gasteiger partial charge in [-0.15, -0.1) is 29.7 Å². The minimum absolute atomic E-state index is 0. The van der Waals surface area contributed by atoms with Gasteiger partial charge in [0.05, 0.1) is 16.7 Å². The molecule has 6 heteroatoms. The summed E-state index contributed by atoms with van der Waals surface area (Å²) in [7, 11) is 0. The van der Waals surface area contributed by atoms with E-state index in [4.69, 9.17) is 9.72 Å². The van der Waals surface area contributed by atoms with Crippen LogP contribution >= 0.6 is 0 Å². The van der Waals surface area contributed by atoms with E-state index in [-0.39, 0.29) is 20.4 Å². The molecule has 4 aromatic heterocycles. The molecule has 0 radical (unpaired) electrons. The molecule has 0 aliphatic heterocycles. The molecular weight excluding hydrogens is 683 g/mol. The second kappa shape index (κ2) is 11.2. The topological polar surface area (TPSA) is 44.3 Å². The minimum atomic E-state index is 0. The molecule has 0 saturated heterocycles. The van der Waals surface area contributed by atoms with Crippen molar-refractivity contribution < 1.29 is 25.2 Å². The number of ether oxygens (including phenoxy) is 1. The molecule has 0 saturated carbocycles. The number of aromatic nitrogens is 4. The Balaban J connectivity index is 0.00000314. The number of benzene rings is 6. The summed E-state index contributed by atoms with van der Waals surface area (Å²) in [6.07, 6.45) is 1.81. The molecule has 0 atom stereocenters. The zero-order chi connectivity index (χ0) is 30.9. The summed E-state index contributed by atoms with van der Waals surface area (Å²) >= 11 is 0. The summed E-state index contributed by atoms with van der Waals surface area (Å²) in [5, 5.41) is 5.34. The average Bonchev–Trinajstić information content (AvgIpc) is 3.69. The van der Waals surface area contributed by atoms with E-state index in [1.165, 1.54) is 5.56 Å². The van der Waals surface area contributed by atoms with Gasteiger partial charge in [0.2, 0.25) is 0 Å². The maximum Gasteiger partial charge on any atom is 2.00 e. The molecule has 0 spiro atoms. The van der Waals surface area contributed by atoms with Crippen molar-refractivity contribution in [2.24, 2.45) is 0 Å². The van der Waals surface area contributed by atoms with Gasteiger partial charge in [0.1, 0.15) is 5.82 Å². The fraction of sp³-hybridized carbons (Fsp3) is 0. The van der Waals surface area contributed by atoms with Gasteiger partial charge in [0, 0.05) is 28.7 Å². The molecule has 4 heterocycles. The largest absolute Gasteiger partial charge is 2.00 e. The van der Waals surface area contributed by atoms with Crippen molar-refractivity contribution in [3.05, 3.63) is 158 Å². The Hall–Kier alpha value is -5.80. The number of hydrogen-bond acceptors (Lipinski definition) is 3. The fourth-order valence-electron chi connectivity index (χ4n) is 6.91. The van der Waals surface area contributed by atoms with E-state index >= 15 is 0 Å². The van der Waals surface area contributed by atoms with E-state index in [1.54, 1.807) is 0 Å². The predicted octanol–water partition coefficient (Wildman–Crippen LogP) is 10.3. The minimum Gasteiger partial charge on any atom is -0.503 e. The van der Waals surface area contributed by atoms with E-state index in [1.807, 2.05) is 48.7 Å². The van der Waals surface area contributed by atoms with Crippen LogP contribution in [0.2, 0.25) is 0 Å². The van der Waals surface area contributed by atoms with Crippen LogP contribution in [0.4, 0.5) is 0 Å². The molecule has 0 aliphatic carbocycles. The zero-order valence-corrected chi connectivity index (χ0v) is 26.9. The molecule has 48 heavy (non-hydrogen) atoms. The van der Waals surface area contributed by atoms with Crippen LogP contribution in [-0.4, -0.2) is 18.9 Å².